The van der Waals surface area contributed by atoms with Gasteiger partial charge in [-0.15, -0.1) is 0 Å². The van der Waals surface area contributed by atoms with E-state index in [-0.39, 0.29) is 17.2 Å². The summed E-state index contributed by atoms with van der Waals surface area (Å²) in [5.41, 5.74) is 0.548. The van der Waals surface area contributed by atoms with Crippen LogP contribution in [-0.2, 0) is 6.42 Å². The summed E-state index contributed by atoms with van der Waals surface area (Å²) >= 11 is 0. The summed E-state index contributed by atoms with van der Waals surface area (Å²) in [5.74, 6) is -0.194. The van der Waals surface area contributed by atoms with E-state index in [1.54, 1.807) is 13.0 Å². The quantitative estimate of drug-likeness (QED) is 0.432. The maximum atomic E-state index is 11.0. The van der Waals surface area contributed by atoms with E-state index in [9.17, 15) is 15.2 Å². The predicted molar refractivity (Wildman–Crippen MR) is 88.2 cm³/mol. The number of phenols is 1. The number of ether oxygens (including phenoxy) is 1. The van der Waals surface area contributed by atoms with Crippen molar-refractivity contribution in [3.8, 4) is 11.5 Å². The topological polar surface area (TPSA) is 87.9 Å². The molecule has 1 aromatic carbocycles. The Morgan fingerprint density at radius 3 is 2.74 bits per heavy atom. The standard InChI is InChI=1S/C16H25N3O4/c1-2-23-15-12-13(11-14(16(15)20)19(21)22)5-3-4-8-18-9-6-17-7-10-18/h11-12,17,20H,2-10H2,1H3. The summed E-state index contributed by atoms with van der Waals surface area (Å²) in [6.45, 7) is 7.45. The Morgan fingerprint density at radius 2 is 2.09 bits per heavy atom. The molecule has 1 aromatic rings. The molecule has 0 aliphatic carbocycles. The fourth-order valence-electron chi connectivity index (χ4n) is 2.80. The second-order valence-corrected chi connectivity index (χ2v) is 5.70. The highest BCUT2D eigenvalue weighted by Crippen LogP contribution is 2.37. The minimum atomic E-state index is -0.567. The van der Waals surface area contributed by atoms with E-state index in [0.717, 1.165) is 57.5 Å². The number of hydrogen-bond acceptors (Lipinski definition) is 6. The number of nitro benzene ring substituents is 1. The molecule has 7 nitrogen and oxygen atoms in total. The van der Waals surface area contributed by atoms with Gasteiger partial charge in [0, 0.05) is 32.2 Å². The molecule has 0 unspecified atom stereocenters. The van der Waals surface area contributed by atoms with Gasteiger partial charge in [-0.3, -0.25) is 10.1 Å². The zero-order chi connectivity index (χ0) is 16.7. The maximum absolute atomic E-state index is 11.0. The first kappa shape index (κ1) is 17.5. The lowest BCUT2D eigenvalue weighted by molar-refractivity contribution is -0.386. The van der Waals surface area contributed by atoms with Crippen LogP contribution in [0.4, 0.5) is 5.69 Å². The Labute approximate surface area is 136 Å². The number of nitro groups is 1. The second kappa shape index (κ2) is 8.69. The SMILES string of the molecule is CCOc1cc(CCCCN2CCNCC2)cc([N+](=O)[O-])c1O. The smallest absolute Gasteiger partial charge is 0.314 e. The molecular weight excluding hydrogens is 298 g/mol. The zero-order valence-electron chi connectivity index (χ0n) is 13.6. The summed E-state index contributed by atoms with van der Waals surface area (Å²) in [6, 6.07) is 3.15. The number of aryl methyl sites for hydroxylation is 1. The van der Waals surface area contributed by atoms with E-state index in [2.05, 4.69) is 10.2 Å². The first-order valence-electron chi connectivity index (χ1n) is 8.18. The van der Waals surface area contributed by atoms with Crippen LogP contribution in [0.1, 0.15) is 25.3 Å². The number of unbranched alkanes of at least 4 members (excludes halogenated alkanes) is 1. The highest BCUT2D eigenvalue weighted by molar-refractivity contribution is 5.57. The molecule has 0 saturated carbocycles. The second-order valence-electron chi connectivity index (χ2n) is 5.70. The largest absolute Gasteiger partial charge is 0.500 e. The summed E-state index contributed by atoms with van der Waals surface area (Å²) in [5, 5.41) is 24.2. The van der Waals surface area contributed by atoms with Crippen molar-refractivity contribution in [2.24, 2.45) is 0 Å². The van der Waals surface area contributed by atoms with E-state index in [4.69, 9.17) is 4.74 Å². The van der Waals surface area contributed by atoms with Crippen LogP contribution in [-0.4, -0.2) is 54.3 Å². The summed E-state index contributed by atoms with van der Waals surface area (Å²) in [4.78, 5) is 12.9. The molecule has 1 saturated heterocycles. The van der Waals surface area contributed by atoms with Crippen molar-refractivity contribution in [2.75, 3.05) is 39.3 Å². The normalized spacial score (nSPS) is 15.5. The van der Waals surface area contributed by atoms with Gasteiger partial charge in [0.2, 0.25) is 5.75 Å². The van der Waals surface area contributed by atoms with E-state index >= 15 is 0 Å². The van der Waals surface area contributed by atoms with Crippen LogP contribution in [0.25, 0.3) is 0 Å². The molecule has 2 N–H and O–H groups in total. The molecular formula is C16H25N3O4. The van der Waals surface area contributed by atoms with Gasteiger partial charge in [-0.1, -0.05) is 0 Å². The Bertz CT molecular complexity index is 530. The zero-order valence-corrected chi connectivity index (χ0v) is 13.6. The monoisotopic (exact) mass is 323 g/mol. The van der Waals surface area contributed by atoms with E-state index in [0.29, 0.717) is 6.61 Å². The lowest BCUT2D eigenvalue weighted by atomic mass is 10.1. The number of phenolic OH excluding ortho intramolecular Hbond substituents is 1. The molecule has 0 bridgehead atoms. The van der Waals surface area contributed by atoms with Gasteiger partial charge in [0.25, 0.3) is 0 Å². The molecule has 0 spiro atoms. The van der Waals surface area contributed by atoms with Crippen LogP contribution in [0.3, 0.4) is 0 Å². The van der Waals surface area contributed by atoms with Gasteiger partial charge in [0.05, 0.1) is 11.5 Å². The Morgan fingerprint density at radius 1 is 1.35 bits per heavy atom. The van der Waals surface area contributed by atoms with Gasteiger partial charge >= 0.3 is 5.69 Å². The minimum absolute atomic E-state index is 0.193. The van der Waals surface area contributed by atoms with Gasteiger partial charge < -0.3 is 20.1 Å². The minimum Gasteiger partial charge on any atom is -0.500 e. The van der Waals surface area contributed by atoms with Gasteiger partial charge in [-0.05, 0) is 44.4 Å². The number of hydrogen-bond donors (Lipinski definition) is 2. The van der Waals surface area contributed by atoms with Crippen molar-refractivity contribution in [1.29, 1.82) is 0 Å². The number of piperazine rings is 1. The number of rotatable bonds is 8. The number of nitrogens with one attached hydrogen (secondary N) is 1. The van der Waals surface area contributed by atoms with Crippen LogP contribution in [0.2, 0.25) is 0 Å². The molecule has 1 fully saturated rings. The van der Waals surface area contributed by atoms with Crippen molar-refractivity contribution < 1.29 is 14.8 Å². The van der Waals surface area contributed by atoms with E-state index in [1.807, 2.05) is 0 Å². The molecule has 1 aliphatic rings. The van der Waals surface area contributed by atoms with Crippen molar-refractivity contribution >= 4 is 5.69 Å². The van der Waals surface area contributed by atoms with Crippen LogP contribution >= 0.6 is 0 Å². The summed E-state index contributed by atoms with van der Waals surface area (Å²) in [6.07, 6.45) is 2.75. The molecule has 1 heterocycles. The van der Waals surface area contributed by atoms with Crippen LogP contribution in [0.5, 0.6) is 11.5 Å². The first-order chi connectivity index (χ1) is 11.1. The van der Waals surface area contributed by atoms with Crippen LogP contribution in [0.15, 0.2) is 12.1 Å². The van der Waals surface area contributed by atoms with E-state index in [1.165, 1.54) is 6.07 Å². The highest BCUT2D eigenvalue weighted by atomic mass is 16.6. The summed E-state index contributed by atoms with van der Waals surface area (Å²) in [7, 11) is 0. The molecule has 0 aromatic heterocycles. The molecule has 23 heavy (non-hydrogen) atoms. The summed E-state index contributed by atoms with van der Waals surface area (Å²) < 4.78 is 5.30. The Hall–Kier alpha value is -1.86. The molecule has 0 atom stereocenters. The average Bonchev–Trinajstić information content (AvgIpc) is 2.55. The maximum Gasteiger partial charge on any atom is 0.314 e. The number of benzene rings is 1. The molecule has 1 aliphatic heterocycles. The van der Waals surface area contributed by atoms with E-state index < -0.39 is 4.92 Å². The third kappa shape index (κ3) is 5.07. The molecule has 0 amide bonds. The van der Waals surface area contributed by atoms with Crippen molar-refractivity contribution in [3.05, 3.63) is 27.8 Å². The molecule has 2 rings (SSSR count). The van der Waals surface area contributed by atoms with Gasteiger partial charge in [-0.2, -0.15) is 0 Å². The molecule has 7 heteroatoms. The van der Waals surface area contributed by atoms with Crippen molar-refractivity contribution in [1.82, 2.24) is 10.2 Å². The fraction of sp³-hybridized carbons (Fsp3) is 0.625. The number of nitrogens with zero attached hydrogens (tertiary/aromatic N) is 2. The lowest BCUT2D eigenvalue weighted by Crippen LogP contribution is -2.43. The van der Waals surface area contributed by atoms with Crippen molar-refractivity contribution in [2.45, 2.75) is 26.2 Å². The van der Waals surface area contributed by atoms with Gasteiger partial charge in [0.1, 0.15) is 0 Å². The third-order valence-corrected chi connectivity index (χ3v) is 4.01. The first-order valence-corrected chi connectivity index (χ1v) is 8.18. The third-order valence-electron chi connectivity index (χ3n) is 4.01. The lowest BCUT2D eigenvalue weighted by Gasteiger charge is -2.27. The van der Waals surface area contributed by atoms with Gasteiger partial charge in [-0.25, -0.2) is 0 Å². The average molecular weight is 323 g/mol. The Kier molecular flexibility index (Phi) is 6.61. The van der Waals surface area contributed by atoms with Crippen molar-refractivity contribution in [3.63, 3.8) is 0 Å². The molecule has 0 radical (unpaired) electrons. The Balaban J connectivity index is 1.91. The fourth-order valence-corrected chi connectivity index (χ4v) is 2.80. The van der Waals surface area contributed by atoms with Gasteiger partial charge in [0.15, 0.2) is 5.75 Å². The molecule has 128 valence electrons. The van der Waals surface area contributed by atoms with Crippen LogP contribution < -0.4 is 10.1 Å². The predicted octanol–water partition coefficient (Wildman–Crippen LogP) is 1.93. The highest BCUT2D eigenvalue weighted by Gasteiger charge is 2.20. The number of aromatic hydroxyl groups is 1. The van der Waals surface area contributed by atoms with Crippen LogP contribution in [0, 0.1) is 10.1 Å².